The van der Waals surface area contributed by atoms with E-state index in [1.54, 1.807) is 18.5 Å². The maximum atomic E-state index is 14.8. The van der Waals surface area contributed by atoms with E-state index in [4.69, 9.17) is 4.74 Å². The van der Waals surface area contributed by atoms with Gasteiger partial charge in [-0.1, -0.05) is 71.3 Å². The van der Waals surface area contributed by atoms with Crippen molar-refractivity contribution >= 4 is 5.97 Å². The van der Waals surface area contributed by atoms with Crippen molar-refractivity contribution < 1.29 is 13.9 Å². The molecule has 0 saturated heterocycles. The van der Waals surface area contributed by atoms with E-state index in [0.717, 1.165) is 50.0 Å². The van der Waals surface area contributed by atoms with E-state index in [-0.39, 0.29) is 11.7 Å². The topological polar surface area (TPSA) is 52.1 Å². The number of carbonyl (C=O) groups is 1. The lowest BCUT2D eigenvalue weighted by Gasteiger charge is -2.28. The number of esters is 1. The Kier molecular flexibility index (Phi) is 11.0. The van der Waals surface area contributed by atoms with Crippen molar-refractivity contribution in [1.82, 2.24) is 9.97 Å². The molecule has 0 amide bonds. The van der Waals surface area contributed by atoms with E-state index in [9.17, 15) is 9.18 Å². The van der Waals surface area contributed by atoms with Crippen LogP contribution in [0.2, 0.25) is 0 Å². The smallest absolute Gasteiger partial charge is 0.341 e. The standard InChI is InChI=1S/C29H41FN2O2/c1-3-5-7-8-10-11-22-13-16-25(17-14-22)34-29(33)26-18-15-24(19-27(26)30)28-31-20-23(21-32-28)12-9-6-4-2/h15,18-22,25H,3-14,16-17H2,1-2H3/t22-,25-. The second-order valence-corrected chi connectivity index (χ2v) is 9.82. The molecule has 0 atom stereocenters. The van der Waals surface area contributed by atoms with Crippen molar-refractivity contribution in [3.63, 3.8) is 0 Å². The quantitative estimate of drug-likeness (QED) is 0.220. The first-order valence-electron chi connectivity index (χ1n) is 13.4. The fourth-order valence-corrected chi connectivity index (χ4v) is 4.82. The minimum absolute atomic E-state index is 0.0158. The number of benzene rings is 1. The molecule has 1 saturated carbocycles. The van der Waals surface area contributed by atoms with E-state index in [1.807, 2.05) is 0 Å². The zero-order valence-electron chi connectivity index (χ0n) is 21.0. The van der Waals surface area contributed by atoms with Gasteiger partial charge in [0, 0.05) is 18.0 Å². The van der Waals surface area contributed by atoms with Gasteiger partial charge < -0.3 is 4.74 Å². The number of halogens is 1. The van der Waals surface area contributed by atoms with Crippen LogP contribution >= 0.6 is 0 Å². The maximum absolute atomic E-state index is 14.8. The molecule has 0 aliphatic heterocycles. The molecule has 1 aliphatic carbocycles. The van der Waals surface area contributed by atoms with Crippen molar-refractivity contribution in [3.05, 3.63) is 47.5 Å². The third kappa shape index (κ3) is 8.18. The van der Waals surface area contributed by atoms with Crippen LogP contribution in [0.1, 0.15) is 113 Å². The van der Waals surface area contributed by atoms with E-state index < -0.39 is 11.8 Å². The Morgan fingerprint density at radius 2 is 1.62 bits per heavy atom. The molecule has 34 heavy (non-hydrogen) atoms. The van der Waals surface area contributed by atoms with Gasteiger partial charge in [-0.05, 0) is 62.1 Å². The molecule has 5 heteroatoms. The van der Waals surface area contributed by atoms with Crippen LogP contribution in [0.25, 0.3) is 11.4 Å². The van der Waals surface area contributed by atoms with E-state index in [0.29, 0.717) is 11.4 Å². The largest absolute Gasteiger partial charge is 0.459 e. The Bertz CT molecular complexity index is 876. The number of hydrogen-bond acceptors (Lipinski definition) is 4. The second-order valence-electron chi connectivity index (χ2n) is 9.82. The van der Waals surface area contributed by atoms with Gasteiger partial charge in [-0.15, -0.1) is 0 Å². The number of rotatable bonds is 13. The van der Waals surface area contributed by atoms with Crippen LogP contribution in [0, 0.1) is 11.7 Å². The highest BCUT2D eigenvalue weighted by Crippen LogP contribution is 2.31. The number of hydrogen-bond donors (Lipinski definition) is 0. The van der Waals surface area contributed by atoms with Gasteiger partial charge in [0.15, 0.2) is 5.82 Å². The summed E-state index contributed by atoms with van der Waals surface area (Å²) in [7, 11) is 0. The summed E-state index contributed by atoms with van der Waals surface area (Å²) < 4.78 is 20.4. The summed E-state index contributed by atoms with van der Waals surface area (Å²) >= 11 is 0. The molecule has 1 fully saturated rings. The lowest BCUT2D eigenvalue weighted by atomic mass is 9.84. The molecule has 0 radical (unpaired) electrons. The molecule has 1 aliphatic rings. The van der Waals surface area contributed by atoms with Crippen LogP contribution < -0.4 is 0 Å². The predicted octanol–water partition coefficient (Wildman–Crippen LogP) is 8.09. The highest BCUT2D eigenvalue weighted by molar-refractivity contribution is 5.90. The van der Waals surface area contributed by atoms with Gasteiger partial charge in [-0.25, -0.2) is 19.2 Å². The Morgan fingerprint density at radius 1 is 0.941 bits per heavy atom. The minimum Gasteiger partial charge on any atom is -0.459 e. The molecule has 0 N–H and O–H groups in total. The molecule has 3 rings (SSSR count). The monoisotopic (exact) mass is 468 g/mol. The van der Waals surface area contributed by atoms with Crippen LogP contribution in [-0.4, -0.2) is 22.0 Å². The molecular weight excluding hydrogens is 427 g/mol. The van der Waals surface area contributed by atoms with Crippen LogP contribution in [-0.2, 0) is 11.2 Å². The Morgan fingerprint density at radius 3 is 2.29 bits per heavy atom. The van der Waals surface area contributed by atoms with Gasteiger partial charge in [-0.3, -0.25) is 0 Å². The summed E-state index contributed by atoms with van der Waals surface area (Å²) in [5, 5.41) is 0. The summed E-state index contributed by atoms with van der Waals surface area (Å²) in [6.45, 7) is 4.42. The summed E-state index contributed by atoms with van der Waals surface area (Å²) in [5.74, 6) is 0.0508. The molecule has 186 valence electrons. The Balaban J connectivity index is 1.47. The van der Waals surface area contributed by atoms with Crippen molar-refractivity contribution in [3.8, 4) is 11.4 Å². The average molecular weight is 469 g/mol. The molecule has 1 aromatic carbocycles. The summed E-state index contributed by atoms with van der Waals surface area (Å²) in [4.78, 5) is 21.4. The zero-order chi connectivity index (χ0) is 24.2. The van der Waals surface area contributed by atoms with Crippen molar-refractivity contribution in [2.45, 2.75) is 110 Å². The molecule has 0 bridgehead atoms. The lowest BCUT2D eigenvalue weighted by Crippen LogP contribution is -2.25. The molecule has 2 aromatic rings. The van der Waals surface area contributed by atoms with Crippen LogP contribution in [0.3, 0.4) is 0 Å². The molecular formula is C29H41FN2O2. The number of nitrogens with zero attached hydrogens (tertiary/aromatic N) is 2. The highest BCUT2D eigenvalue weighted by atomic mass is 19.1. The third-order valence-electron chi connectivity index (χ3n) is 7.00. The van der Waals surface area contributed by atoms with E-state index in [2.05, 4.69) is 23.8 Å². The number of unbranched alkanes of at least 4 members (excludes halogenated alkanes) is 6. The number of carbonyl (C=O) groups excluding carboxylic acids is 1. The molecule has 1 aromatic heterocycles. The predicted molar refractivity (Wildman–Crippen MR) is 135 cm³/mol. The first-order valence-corrected chi connectivity index (χ1v) is 13.4. The van der Waals surface area contributed by atoms with Gasteiger partial charge in [0.25, 0.3) is 0 Å². The average Bonchev–Trinajstić information content (AvgIpc) is 2.85. The normalized spacial score (nSPS) is 18.1. The molecule has 1 heterocycles. The van der Waals surface area contributed by atoms with Crippen molar-refractivity contribution in [1.29, 1.82) is 0 Å². The first kappa shape index (κ1) is 26.3. The van der Waals surface area contributed by atoms with Crippen molar-refractivity contribution in [2.24, 2.45) is 5.92 Å². The SMILES string of the molecule is CCCCCCC[C@H]1CC[C@H](OC(=O)c2ccc(-c3ncc(CCCCC)cn3)cc2F)CC1. The van der Waals surface area contributed by atoms with Crippen LogP contribution in [0.15, 0.2) is 30.6 Å². The van der Waals surface area contributed by atoms with Gasteiger partial charge in [0.2, 0.25) is 0 Å². The lowest BCUT2D eigenvalue weighted by molar-refractivity contribution is 0.0156. The summed E-state index contributed by atoms with van der Waals surface area (Å²) in [6, 6.07) is 4.52. The Hall–Kier alpha value is -2.30. The van der Waals surface area contributed by atoms with Gasteiger partial charge in [0.05, 0.1) is 5.56 Å². The number of ether oxygens (including phenoxy) is 1. The van der Waals surface area contributed by atoms with E-state index in [1.165, 1.54) is 63.5 Å². The fourth-order valence-electron chi connectivity index (χ4n) is 4.82. The fraction of sp³-hybridized carbons (Fsp3) is 0.621. The summed E-state index contributed by atoms with van der Waals surface area (Å²) in [6.07, 6.45) is 19.7. The van der Waals surface area contributed by atoms with Crippen LogP contribution in [0.5, 0.6) is 0 Å². The Labute approximate surface area is 204 Å². The van der Waals surface area contributed by atoms with Crippen LogP contribution in [0.4, 0.5) is 4.39 Å². The van der Waals surface area contributed by atoms with Gasteiger partial charge >= 0.3 is 5.97 Å². The third-order valence-corrected chi connectivity index (χ3v) is 7.00. The number of aromatic nitrogens is 2. The highest BCUT2D eigenvalue weighted by Gasteiger charge is 2.25. The second kappa shape index (κ2) is 14.2. The maximum Gasteiger partial charge on any atom is 0.341 e. The molecule has 0 unspecified atom stereocenters. The van der Waals surface area contributed by atoms with Gasteiger partial charge in [-0.2, -0.15) is 0 Å². The number of aryl methyl sites for hydroxylation is 1. The molecule has 4 nitrogen and oxygen atoms in total. The first-order chi connectivity index (χ1) is 16.6. The molecule has 0 spiro atoms. The van der Waals surface area contributed by atoms with E-state index >= 15 is 0 Å². The zero-order valence-corrected chi connectivity index (χ0v) is 21.0. The minimum atomic E-state index is -0.584. The van der Waals surface area contributed by atoms with Gasteiger partial charge in [0.1, 0.15) is 11.9 Å². The summed E-state index contributed by atoms with van der Waals surface area (Å²) in [5.41, 5.74) is 1.63. The van der Waals surface area contributed by atoms with Crippen molar-refractivity contribution in [2.75, 3.05) is 0 Å².